The van der Waals surface area contributed by atoms with Crippen molar-refractivity contribution in [3.05, 3.63) is 42.0 Å². The lowest BCUT2D eigenvalue weighted by Crippen LogP contribution is -2.25. The van der Waals surface area contributed by atoms with Crippen LogP contribution in [0.4, 0.5) is 0 Å². The molecule has 1 aliphatic carbocycles. The Morgan fingerprint density at radius 1 is 1.21 bits per heavy atom. The Morgan fingerprint density at radius 2 is 1.89 bits per heavy atom. The fraction of sp³-hybridized carbons (Fsp3) is 0.312. The summed E-state index contributed by atoms with van der Waals surface area (Å²) in [5, 5.41) is 2.13. The summed E-state index contributed by atoms with van der Waals surface area (Å²) in [7, 11) is 1.65. The number of rotatable bonds is 4. The third-order valence-corrected chi connectivity index (χ3v) is 4.04. The molecular weight excluding hydrogens is 238 g/mol. The van der Waals surface area contributed by atoms with E-state index < -0.39 is 0 Å². The summed E-state index contributed by atoms with van der Waals surface area (Å²) >= 11 is 0. The molecule has 3 nitrogen and oxygen atoms in total. The first-order chi connectivity index (χ1) is 9.18. The van der Waals surface area contributed by atoms with Gasteiger partial charge in [0.15, 0.2) is 5.78 Å². The van der Waals surface area contributed by atoms with Crippen molar-refractivity contribution < 1.29 is 9.53 Å². The smallest absolute Gasteiger partial charge is 0.170 e. The second kappa shape index (κ2) is 4.35. The molecule has 1 fully saturated rings. The predicted octanol–water partition coefficient (Wildman–Crippen LogP) is 2.77. The van der Waals surface area contributed by atoms with Crippen LogP contribution in [0.2, 0.25) is 0 Å². The van der Waals surface area contributed by atoms with Crippen LogP contribution in [0.25, 0.3) is 10.8 Å². The zero-order valence-electron chi connectivity index (χ0n) is 11.0. The molecule has 0 unspecified atom stereocenters. The molecule has 0 aliphatic heterocycles. The molecule has 0 radical (unpaired) electrons. The number of carbonyl (C=O) groups excluding carboxylic acids is 1. The molecule has 0 heterocycles. The Hall–Kier alpha value is -1.87. The van der Waals surface area contributed by atoms with E-state index >= 15 is 0 Å². The molecule has 0 spiro atoms. The van der Waals surface area contributed by atoms with Crippen molar-refractivity contribution in [3.63, 3.8) is 0 Å². The van der Waals surface area contributed by atoms with E-state index in [1.165, 1.54) is 0 Å². The van der Waals surface area contributed by atoms with Gasteiger partial charge < -0.3 is 10.5 Å². The minimum absolute atomic E-state index is 0.188. The molecule has 0 saturated heterocycles. The lowest BCUT2D eigenvalue weighted by molar-refractivity contribution is 0.0906. The van der Waals surface area contributed by atoms with Crippen LogP contribution in [0, 0.1) is 5.41 Å². The van der Waals surface area contributed by atoms with Gasteiger partial charge in [0.1, 0.15) is 5.75 Å². The molecule has 2 aromatic rings. The lowest BCUT2D eigenvalue weighted by atomic mass is 9.93. The average Bonchev–Trinajstić information content (AvgIpc) is 3.26. The summed E-state index contributed by atoms with van der Waals surface area (Å²) in [5.74, 6) is 1.01. The van der Waals surface area contributed by atoms with E-state index in [4.69, 9.17) is 10.5 Å². The minimum Gasteiger partial charge on any atom is -0.497 e. The maximum absolute atomic E-state index is 12.4. The van der Waals surface area contributed by atoms with Crippen LogP contribution in [-0.2, 0) is 0 Å². The molecule has 0 atom stereocenters. The number of benzene rings is 2. The molecule has 1 aliphatic rings. The third-order valence-electron chi connectivity index (χ3n) is 4.04. The number of hydrogen-bond donors (Lipinski definition) is 1. The molecule has 1 saturated carbocycles. The van der Waals surface area contributed by atoms with E-state index in [0.717, 1.165) is 34.9 Å². The van der Waals surface area contributed by atoms with Crippen LogP contribution in [-0.4, -0.2) is 19.4 Å². The Labute approximate surface area is 112 Å². The maximum atomic E-state index is 12.4. The second-order valence-corrected chi connectivity index (χ2v) is 5.24. The number of nitrogens with two attached hydrogens (primary N) is 1. The Kier molecular flexibility index (Phi) is 2.79. The van der Waals surface area contributed by atoms with Gasteiger partial charge in [0.2, 0.25) is 0 Å². The SMILES string of the molecule is COc1ccc2cc(C(=O)C3(CN)CC3)ccc2c1. The number of hydrogen-bond acceptors (Lipinski definition) is 3. The van der Waals surface area contributed by atoms with Gasteiger partial charge in [-0.25, -0.2) is 0 Å². The molecule has 19 heavy (non-hydrogen) atoms. The highest BCUT2D eigenvalue weighted by molar-refractivity contribution is 6.05. The van der Waals surface area contributed by atoms with E-state index in [1.807, 2.05) is 36.4 Å². The van der Waals surface area contributed by atoms with Gasteiger partial charge in [-0.2, -0.15) is 0 Å². The first-order valence-electron chi connectivity index (χ1n) is 6.51. The first kappa shape index (κ1) is 12.2. The molecule has 98 valence electrons. The monoisotopic (exact) mass is 255 g/mol. The largest absolute Gasteiger partial charge is 0.497 e. The summed E-state index contributed by atoms with van der Waals surface area (Å²) in [6.45, 7) is 0.451. The third kappa shape index (κ3) is 2.00. The van der Waals surface area contributed by atoms with E-state index in [0.29, 0.717) is 6.54 Å². The fourth-order valence-electron chi connectivity index (χ4n) is 2.47. The van der Waals surface area contributed by atoms with Crippen LogP contribution in [0.1, 0.15) is 23.2 Å². The number of ether oxygens (including phenoxy) is 1. The van der Waals surface area contributed by atoms with Crippen molar-refractivity contribution in [2.24, 2.45) is 11.1 Å². The van der Waals surface area contributed by atoms with E-state index in [-0.39, 0.29) is 11.2 Å². The molecule has 2 N–H and O–H groups in total. The van der Waals surface area contributed by atoms with Crippen molar-refractivity contribution in [3.8, 4) is 5.75 Å². The number of methoxy groups -OCH3 is 1. The van der Waals surface area contributed by atoms with E-state index in [9.17, 15) is 4.79 Å². The van der Waals surface area contributed by atoms with Gasteiger partial charge in [-0.3, -0.25) is 4.79 Å². The quantitative estimate of drug-likeness (QED) is 0.855. The Balaban J connectivity index is 2.00. The van der Waals surface area contributed by atoms with Crippen molar-refractivity contribution in [1.29, 1.82) is 0 Å². The summed E-state index contributed by atoms with van der Waals surface area (Å²) in [6, 6.07) is 11.7. The fourth-order valence-corrected chi connectivity index (χ4v) is 2.47. The molecule has 0 amide bonds. The van der Waals surface area contributed by atoms with Gasteiger partial charge in [-0.1, -0.05) is 18.2 Å². The second-order valence-electron chi connectivity index (χ2n) is 5.24. The van der Waals surface area contributed by atoms with Crippen LogP contribution < -0.4 is 10.5 Å². The summed E-state index contributed by atoms with van der Waals surface area (Å²) in [6.07, 6.45) is 1.84. The Bertz CT molecular complexity index is 644. The zero-order chi connectivity index (χ0) is 13.5. The predicted molar refractivity (Wildman–Crippen MR) is 75.6 cm³/mol. The van der Waals surface area contributed by atoms with Gasteiger partial charge in [-0.15, -0.1) is 0 Å². The molecule has 3 rings (SSSR count). The summed E-state index contributed by atoms with van der Waals surface area (Å²) in [4.78, 5) is 12.4. The molecule has 2 aromatic carbocycles. The lowest BCUT2D eigenvalue weighted by Gasteiger charge is -2.11. The highest BCUT2D eigenvalue weighted by atomic mass is 16.5. The van der Waals surface area contributed by atoms with Crippen LogP contribution in [0.15, 0.2) is 36.4 Å². The van der Waals surface area contributed by atoms with Crippen molar-refractivity contribution in [2.75, 3.05) is 13.7 Å². The van der Waals surface area contributed by atoms with Crippen LogP contribution in [0.3, 0.4) is 0 Å². The van der Waals surface area contributed by atoms with Crippen LogP contribution in [0.5, 0.6) is 5.75 Å². The average molecular weight is 255 g/mol. The number of fused-ring (bicyclic) bond motifs is 1. The zero-order valence-corrected chi connectivity index (χ0v) is 11.0. The summed E-state index contributed by atoms with van der Waals surface area (Å²) < 4.78 is 5.20. The Morgan fingerprint density at radius 3 is 2.53 bits per heavy atom. The molecule has 0 aromatic heterocycles. The molecular formula is C16H17NO2. The minimum atomic E-state index is -0.278. The topological polar surface area (TPSA) is 52.3 Å². The van der Waals surface area contributed by atoms with Gasteiger partial charge in [0, 0.05) is 17.5 Å². The van der Waals surface area contributed by atoms with Gasteiger partial charge in [0.05, 0.1) is 7.11 Å². The maximum Gasteiger partial charge on any atom is 0.170 e. The van der Waals surface area contributed by atoms with Crippen molar-refractivity contribution >= 4 is 16.6 Å². The highest BCUT2D eigenvalue weighted by Gasteiger charge is 2.48. The summed E-state index contributed by atoms with van der Waals surface area (Å²) in [5.41, 5.74) is 6.21. The number of carbonyl (C=O) groups is 1. The highest BCUT2D eigenvalue weighted by Crippen LogP contribution is 2.47. The molecule has 3 heteroatoms. The number of ketones is 1. The van der Waals surface area contributed by atoms with Crippen molar-refractivity contribution in [2.45, 2.75) is 12.8 Å². The normalized spacial score (nSPS) is 16.3. The molecule has 0 bridgehead atoms. The van der Waals surface area contributed by atoms with Gasteiger partial charge in [0.25, 0.3) is 0 Å². The first-order valence-corrected chi connectivity index (χ1v) is 6.51. The van der Waals surface area contributed by atoms with E-state index in [1.54, 1.807) is 7.11 Å². The van der Waals surface area contributed by atoms with Gasteiger partial charge in [-0.05, 0) is 41.8 Å². The van der Waals surface area contributed by atoms with Gasteiger partial charge >= 0.3 is 0 Å². The van der Waals surface area contributed by atoms with Crippen LogP contribution >= 0.6 is 0 Å². The van der Waals surface area contributed by atoms with Crippen molar-refractivity contribution in [1.82, 2.24) is 0 Å². The number of Topliss-reactive ketones (excluding diaryl/α,β-unsaturated/α-hetero) is 1. The van der Waals surface area contributed by atoms with E-state index in [2.05, 4.69) is 0 Å². The standard InChI is InChI=1S/C16H17NO2/c1-19-14-5-4-11-8-13(3-2-12(11)9-14)15(18)16(10-17)6-7-16/h2-5,8-9H,6-7,10,17H2,1H3.